The molecule has 0 spiro atoms. The standard InChI is InChI=1S/C16H22N6O/c1-7-12-8-14(13(9-20-12)10(2)3)23-11(4)15(22-19-6)21-16(17)18-5/h1,8-10,19,22H,5H2,2-4,6H3,(H2,17,21)/b15-11-. The van der Waals surface area contributed by atoms with Gasteiger partial charge < -0.3 is 15.9 Å². The first kappa shape index (κ1) is 18.2. The van der Waals surface area contributed by atoms with Crippen molar-refractivity contribution in [2.24, 2.45) is 15.7 Å². The molecule has 1 heterocycles. The number of hydrazine groups is 1. The minimum absolute atomic E-state index is 0.0221. The van der Waals surface area contributed by atoms with Crippen LogP contribution in [0.4, 0.5) is 0 Å². The van der Waals surface area contributed by atoms with E-state index in [2.05, 4.69) is 38.5 Å². The maximum absolute atomic E-state index is 5.93. The van der Waals surface area contributed by atoms with Crippen LogP contribution < -0.4 is 21.3 Å². The van der Waals surface area contributed by atoms with Gasteiger partial charge in [-0.1, -0.05) is 19.8 Å². The number of nitrogens with two attached hydrogens (primary N) is 1. The monoisotopic (exact) mass is 314 g/mol. The number of guanidine groups is 1. The van der Waals surface area contributed by atoms with Crippen molar-refractivity contribution in [1.29, 1.82) is 0 Å². The minimum Gasteiger partial charge on any atom is -0.458 e. The third-order valence-corrected chi connectivity index (χ3v) is 2.89. The summed E-state index contributed by atoms with van der Waals surface area (Å²) in [4.78, 5) is 11.8. The molecule has 0 aliphatic carbocycles. The molecule has 7 nitrogen and oxygen atoms in total. The normalized spacial score (nSPS) is 12.4. The SMILES string of the molecule is C#Cc1cc(O/C(C)=C(/N=C(N)N=C)NNC)c(C(C)C)cn1. The van der Waals surface area contributed by atoms with E-state index >= 15 is 0 Å². The number of pyridine rings is 1. The van der Waals surface area contributed by atoms with E-state index in [0.29, 0.717) is 23.0 Å². The Balaban J connectivity index is 3.28. The third kappa shape index (κ3) is 5.13. The largest absolute Gasteiger partial charge is 0.458 e. The molecule has 122 valence electrons. The van der Waals surface area contributed by atoms with Gasteiger partial charge in [-0.3, -0.25) is 0 Å². The number of aromatic nitrogens is 1. The lowest BCUT2D eigenvalue weighted by Crippen LogP contribution is -2.28. The van der Waals surface area contributed by atoms with Gasteiger partial charge >= 0.3 is 0 Å². The molecule has 1 rings (SSSR count). The summed E-state index contributed by atoms with van der Waals surface area (Å²) in [7, 11) is 1.70. The summed E-state index contributed by atoms with van der Waals surface area (Å²) in [5.74, 6) is 4.23. The van der Waals surface area contributed by atoms with Crippen molar-refractivity contribution >= 4 is 12.7 Å². The Bertz CT molecular complexity index is 670. The topological polar surface area (TPSA) is 96.9 Å². The van der Waals surface area contributed by atoms with E-state index in [1.807, 2.05) is 13.8 Å². The molecule has 0 unspecified atom stereocenters. The van der Waals surface area contributed by atoms with Crippen molar-refractivity contribution in [3.05, 3.63) is 35.1 Å². The van der Waals surface area contributed by atoms with E-state index in [1.54, 1.807) is 26.2 Å². The highest BCUT2D eigenvalue weighted by molar-refractivity contribution is 5.83. The van der Waals surface area contributed by atoms with Crippen LogP contribution in [0, 0.1) is 12.3 Å². The van der Waals surface area contributed by atoms with Crippen molar-refractivity contribution < 1.29 is 4.74 Å². The highest BCUT2D eigenvalue weighted by Crippen LogP contribution is 2.28. The van der Waals surface area contributed by atoms with Gasteiger partial charge in [0.25, 0.3) is 0 Å². The first-order valence-electron chi connectivity index (χ1n) is 7.01. The van der Waals surface area contributed by atoms with E-state index in [4.69, 9.17) is 16.9 Å². The molecular weight excluding hydrogens is 292 g/mol. The predicted molar refractivity (Wildman–Crippen MR) is 93.0 cm³/mol. The average Bonchev–Trinajstić information content (AvgIpc) is 2.53. The number of rotatable bonds is 6. The Hall–Kier alpha value is -2.85. The molecule has 7 heteroatoms. The molecule has 4 N–H and O–H groups in total. The molecule has 0 saturated heterocycles. The van der Waals surface area contributed by atoms with Crippen LogP contribution in [-0.2, 0) is 0 Å². The number of terminal acetylenes is 1. The summed E-state index contributed by atoms with van der Waals surface area (Å²) in [6, 6.07) is 1.72. The van der Waals surface area contributed by atoms with Crippen LogP contribution in [0.15, 0.2) is 33.8 Å². The molecule has 0 atom stereocenters. The van der Waals surface area contributed by atoms with Crippen LogP contribution in [0.3, 0.4) is 0 Å². The number of nitrogens with zero attached hydrogens (tertiary/aromatic N) is 3. The smallest absolute Gasteiger partial charge is 0.221 e. The lowest BCUT2D eigenvalue weighted by Gasteiger charge is -2.16. The van der Waals surface area contributed by atoms with Crippen LogP contribution in [0.25, 0.3) is 0 Å². The number of allylic oxidation sites excluding steroid dienone is 1. The average molecular weight is 314 g/mol. The lowest BCUT2D eigenvalue weighted by atomic mass is 10.0. The van der Waals surface area contributed by atoms with Gasteiger partial charge in [0.1, 0.15) is 17.2 Å². The number of hydrogen-bond donors (Lipinski definition) is 3. The molecule has 23 heavy (non-hydrogen) atoms. The molecule has 0 aliphatic rings. The highest BCUT2D eigenvalue weighted by atomic mass is 16.5. The predicted octanol–water partition coefficient (Wildman–Crippen LogP) is 1.49. The molecule has 0 fully saturated rings. The summed E-state index contributed by atoms with van der Waals surface area (Å²) in [5.41, 5.74) is 12.6. The number of aliphatic imine (C=N–C) groups is 2. The second-order valence-electron chi connectivity index (χ2n) is 4.92. The van der Waals surface area contributed by atoms with Gasteiger partial charge in [-0.15, -0.1) is 6.42 Å². The third-order valence-electron chi connectivity index (χ3n) is 2.89. The van der Waals surface area contributed by atoms with E-state index < -0.39 is 0 Å². The fourth-order valence-corrected chi connectivity index (χ4v) is 1.72. The zero-order valence-electron chi connectivity index (χ0n) is 13.8. The Labute approximate surface area is 136 Å². The minimum atomic E-state index is 0.0221. The summed E-state index contributed by atoms with van der Waals surface area (Å²) >= 11 is 0. The van der Waals surface area contributed by atoms with Crippen LogP contribution in [0.1, 0.15) is 37.9 Å². The van der Waals surface area contributed by atoms with Crippen LogP contribution in [-0.4, -0.2) is 24.7 Å². The zero-order valence-corrected chi connectivity index (χ0v) is 13.8. The van der Waals surface area contributed by atoms with E-state index in [0.717, 1.165) is 5.56 Å². The molecular formula is C16H22N6O. The highest BCUT2D eigenvalue weighted by Gasteiger charge is 2.12. The Morgan fingerprint density at radius 1 is 1.52 bits per heavy atom. The molecule has 0 aromatic carbocycles. The summed E-state index contributed by atoms with van der Waals surface area (Å²) < 4.78 is 5.93. The van der Waals surface area contributed by atoms with Gasteiger partial charge in [0, 0.05) is 24.9 Å². The van der Waals surface area contributed by atoms with Gasteiger partial charge in [0.15, 0.2) is 5.82 Å². The molecule has 0 amide bonds. The number of nitrogens with one attached hydrogen (secondary N) is 2. The quantitative estimate of drug-likeness (QED) is 0.243. The summed E-state index contributed by atoms with van der Waals surface area (Å²) in [6.45, 7) is 9.17. The fourth-order valence-electron chi connectivity index (χ4n) is 1.72. The van der Waals surface area contributed by atoms with Crippen molar-refractivity contribution in [3.63, 3.8) is 0 Å². The number of ether oxygens (including phenoxy) is 1. The van der Waals surface area contributed by atoms with Gasteiger partial charge in [-0.05, 0) is 19.6 Å². The first-order valence-corrected chi connectivity index (χ1v) is 7.01. The Kier molecular flexibility index (Phi) is 6.77. The van der Waals surface area contributed by atoms with E-state index in [1.165, 1.54) is 0 Å². The first-order chi connectivity index (χ1) is 10.9. The summed E-state index contributed by atoms with van der Waals surface area (Å²) in [6.07, 6.45) is 7.13. The Morgan fingerprint density at radius 2 is 2.22 bits per heavy atom. The molecule has 0 saturated carbocycles. The van der Waals surface area contributed by atoms with Crippen LogP contribution in [0.2, 0.25) is 0 Å². The summed E-state index contributed by atoms with van der Waals surface area (Å²) in [5, 5.41) is 0. The fraction of sp³-hybridized carbons (Fsp3) is 0.312. The van der Waals surface area contributed by atoms with Gasteiger partial charge in [-0.2, -0.15) is 4.99 Å². The molecule has 0 radical (unpaired) electrons. The maximum atomic E-state index is 5.93. The van der Waals surface area contributed by atoms with Gasteiger partial charge in [0.2, 0.25) is 5.96 Å². The molecule has 1 aromatic heterocycles. The van der Waals surface area contributed by atoms with E-state index in [-0.39, 0.29) is 11.9 Å². The van der Waals surface area contributed by atoms with Crippen molar-refractivity contribution in [2.45, 2.75) is 26.7 Å². The number of hydrogen-bond acceptors (Lipinski definition) is 5. The zero-order chi connectivity index (χ0) is 17.4. The van der Waals surface area contributed by atoms with Gasteiger partial charge in [0.05, 0.1) is 0 Å². The maximum Gasteiger partial charge on any atom is 0.221 e. The molecule has 0 bridgehead atoms. The molecule has 1 aromatic rings. The van der Waals surface area contributed by atoms with E-state index in [9.17, 15) is 0 Å². The van der Waals surface area contributed by atoms with Crippen molar-refractivity contribution in [1.82, 2.24) is 15.8 Å². The lowest BCUT2D eigenvalue weighted by molar-refractivity contribution is 0.403. The van der Waals surface area contributed by atoms with Gasteiger partial charge in [-0.25, -0.2) is 15.4 Å². The second-order valence-corrected chi connectivity index (χ2v) is 4.92. The van der Waals surface area contributed by atoms with Crippen molar-refractivity contribution in [2.75, 3.05) is 7.05 Å². The van der Waals surface area contributed by atoms with Crippen molar-refractivity contribution in [3.8, 4) is 18.1 Å². The van der Waals surface area contributed by atoms with Crippen LogP contribution in [0.5, 0.6) is 5.75 Å². The van der Waals surface area contributed by atoms with Crippen LogP contribution >= 0.6 is 0 Å². The Morgan fingerprint density at radius 3 is 2.74 bits per heavy atom. The molecule has 0 aliphatic heterocycles. The second kappa shape index (κ2) is 8.56.